The molecule has 0 saturated heterocycles. The fraction of sp³-hybridized carbons (Fsp3) is 0.381. The van der Waals surface area contributed by atoms with Gasteiger partial charge in [-0.3, -0.25) is 4.79 Å². The SMILES string of the molecule is CCCCCCC#Cc1cc2c3c(cccc3c1)C(=O)N(OS(=O)(=O)C(F)(F)F)C2O. The Hall–Kier alpha value is -2.61. The molecule has 0 saturated carbocycles. The minimum absolute atomic E-state index is 0.0281. The predicted octanol–water partition coefficient (Wildman–Crippen LogP) is 4.39. The lowest BCUT2D eigenvalue weighted by atomic mass is 9.92. The van der Waals surface area contributed by atoms with Crippen molar-refractivity contribution >= 4 is 26.8 Å². The number of carbonyl (C=O) groups is 1. The van der Waals surface area contributed by atoms with E-state index >= 15 is 0 Å². The summed E-state index contributed by atoms with van der Waals surface area (Å²) < 4.78 is 65.0. The Morgan fingerprint density at radius 3 is 2.61 bits per heavy atom. The highest BCUT2D eigenvalue weighted by molar-refractivity contribution is 7.87. The van der Waals surface area contributed by atoms with Crippen molar-refractivity contribution in [2.24, 2.45) is 0 Å². The first-order valence-electron chi connectivity index (χ1n) is 9.65. The fourth-order valence-electron chi connectivity index (χ4n) is 3.30. The normalized spacial score (nSPS) is 16.4. The summed E-state index contributed by atoms with van der Waals surface area (Å²) in [5.74, 6) is 4.76. The smallest absolute Gasteiger partial charge is 0.367 e. The van der Waals surface area contributed by atoms with Crippen LogP contribution in [0.3, 0.4) is 0 Å². The monoisotopic (exact) mass is 455 g/mol. The third kappa shape index (κ3) is 4.69. The first-order valence-corrected chi connectivity index (χ1v) is 11.1. The first kappa shape index (κ1) is 23.1. The highest BCUT2D eigenvalue weighted by Gasteiger charge is 2.51. The largest absolute Gasteiger partial charge is 0.525 e. The van der Waals surface area contributed by atoms with Gasteiger partial charge in [-0.25, -0.2) is 0 Å². The Bertz CT molecular complexity index is 1170. The maximum Gasteiger partial charge on any atom is 0.525 e. The van der Waals surface area contributed by atoms with Crippen LogP contribution in [0, 0.1) is 11.8 Å². The van der Waals surface area contributed by atoms with E-state index in [2.05, 4.69) is 23.0 Å². The number of amides is 1. The molecule has 0 aromatic heterocycles. The van der Waals surface area contributed by atoms with Crippen molar-refractivity contribution in [3.05, 3.63) is 47.0 Å². The summed E-state index contributed by atoms with van der Waals surface area (Å²) in [4.78, 5) is 12.6. The molecule has 0 aliphatic carbocycles. The Morgan fingerprint density at radius 1 is 1.19 bits per heavy atom. The van der Waals surface area contributed by atoms with E-state index in [9.17, 15) is 31.5 Å². The zero-order valence-electron chi connectivity index (χ0n) is 16.6. The molecule has 1 atom stereocenters. The summed E-state index contributed by atoms with van der Waals surface area (Å²) in [7, 11) is -6.15. The van der Waals surface area contributed by atoms with Crippen LogP contribution in [0.15, 0.2) is 30.3 Å². The highest BCUT2D eigenvalue weighted by Crippen LogP contribution is 2.38. The van der Waals surface area contributed by atoms with Gasteiger partial charge in [-0.2, -0.15) is 26.7 Å². The van der Waals surface area contributed by atoms with E-state index in [1.54, 1.807) is 12.1 Å². The van der Waals surface area contributed by atoms with Gasteiger partial charge in [-0.05, 0) is 30.0 Å². The number of unbranched alkanes of at least 4 members (excludes halogenated alkanes) is 4. The second-order valence-corrected chi connectivity index (χ2v) is 8.58. The molecule has 2 aromatic rings. The predicted molar refractivity (Wildman–Crippen MR) is 107 cm³/mol. The second kappa shape index (κ2) is 8.86. The van der Waals surface area contributed by atoms with Gasteiger partial charge in [0.25, 0.3) is 5.91 Å². The molecular formula is C21H20F3NO5S. The Labute approximate surface area is 177 Å². The fourth-order valence-corrected chi connectivity index (χ4v) is 3.74. The van der Waals surface area contributed by atoms with Crippen molar-refractivity contribution in [1.29, 1.82) is 0 Å². The number of halogens is 3. The number of hydrogen-bond donors (Lipinski definition) is 1. The van der Waals surface area contributed by atoms with E-state index in [-0.39, 0.29) is 16.2 Å². The number of rotatable bonds is 6. The number of carbonyl (C=O) groups excluding carboxylic acids is 1. The average molecular weight is 455 g/mol. The lowest BCUT2D eigenvalue weighted by molar-refractivity contribution is -0.151. The molecule has 1 amide bonds. The van der Waals surface area contributed by atoms with Crippen LogP contribution in [-0.4, -0.2) is 30.0 Å². The van der Waals surface area contributed by atoms with Crippen molar-refractivity contribution in [3.63, 3.8) is 0 Å². The summed E-state index contributed by atoms with van der Waals surface area (Å²) in [6.07, 6.45) is 2.80. The van der Waals surface area contributed by atoms with Gasteiger partial charge in [0.2, 0.25) is 0 Å². The van der Waals surface area contributed by atoms with Crippen LogP contribution in [0.2, 0.25) is 0 Å². The minimum atomic E-state index is -6.15. The molecule has 31 heavy (non-hydrogen) atoms. The molecule has 10 heteroatoms. The van der Waals surface area contributed by atoms with Gasteiger partial charge >= 0.3 is 15.6 Å². The van der Waals surface area contributed by atoms with Crippen LogP contribution in [0.25, 0.3) is 10.8 Å². The number of aliphatic hydroxyl groups is 1. The minimum Gasteiger partial charge on any atom is -0.367 e. The van der Waals surface area contributed by atoms with Crippen molar-refractivity contribution < 1.29 is 35.8 Å². The van der Waals surface area contributed by atoms with Gasteiger partial charge in [-0.15, -0.1) is 4.28 Å². The standard InChI is InChI=1S/C21H20F3NO5S/c1-2-3-4-5-6-7-9-14-12-15-10-8-11-16-18(15)17(13-14)20(27)25(19(16)26)30-31(28,29)21(22,23)24/h8,10-13,20,27H,2-6H2,1H3. The summed E-state index contributed by atoms with van der Waals surface area (Å²) in [6, 6.07) is 7.59. The highest BCUT2D eigenvalue weighted by atomic mass is 32.2. The maximum absolute atomic E-state index is 12.7. The van der Waals surface area contributed by atoms with Gasteiger partial charge in [0.1, 0.15) is 0 Å². The zero-order valence-corrected chi connectivity index (χ0v) is 17.4. The van der Waals surface area contributed by atoms with Crippen molar-refractivity contribution in [1.82, 2.24) is 5.06 Å². The van der Waals surface area contributed by atoms with E-state index in [1.165, 1.54) is 18.2 Å². The molecule has 1 heterocycles. The molecule has 1 aliphatic heterocycles. The molecule has 0 fully saturated rings. The van der Waals surface area contributed by atoms with E-state index in [0.29, 0.717) is 22.8 Å². The molecule has 166 valence electrons. The molecule has 1 aliphatic rings. The molecule has 1 N–H and O–H groups in total. The number of aliphatic hydroxyl groups excluding tert-OH is 1. The third-order valence-electron chi connectivity index (χ3n) is 4.79. The molecule has 6 nitrogen and oxygen atoms in total. The van der Waals surface area contributed by atoms with Crippen LogP contribution in [0.5, 0.6) is 0 Å². The van der Waals surface area contributed by atoms with Crippen molar-refractivity contribution in [3.8, 4) is 11.8 Å². The topological polar surface area (TPSA) is 83.9 Å². The first-order chi connectivity index (χ1) is 14.6. The quantitative estimate of drug-likeness (QED) is 0.397. The third-order valence-corrected chi connectivity index (χ3v) is 5.71. The van der Waals surface area contributed by atoms with Gasteiger partial charge in [-0.1, -0.05) is 50.2 Å². The molecule has 2 aromatic carbocycles. The summed E-state index contributed by atoms with van der Waals surface area (Å²) >= 11 is 0. The van der Waals surface area contributed by atoms with Gasteiger partial charge < -0.3 is 5.11 Å². The summed E-state index contributed by atoms with van der Waals surface area (Å²) in [5, 5.41) is 11.2. The molecule has 3 rings (SSSR count). The van der Waals surface area contributed by atoms with Gasteiger partial charge in [0.05, 0.1) is 5.56 Å². The number of benzene rings is 2. The molecule has 1 unspecified atom stereocenters. The number of alkyl halides is 3. The van der Waals surface area contributed by atoms with Gasteiger partial charge in [0, 0.05) is 22.9 Å². The van der Waals surface area contributed by atoms with E-state index in [1.807, 2.05) is 0 Å². The van der Waals surface area contributed by atoms with Crippen molar-refractivity contribution in [2.75, 3.05) is 0 Å². The average Bonchev–Trinajstić information content (AvgIpc) is 2.70. The van der Waals surface area contributed by atoms with Crippen molar-refractivity contribution in [2.45, 2.75) is 50.8 Å². The number of nitrogens with zero attached hydrogens (tertiary/aromatic N) is 1. The van der Waals surface area contributed by atoms with Gasteiger partial charge in [0.15, 0.2) is 6.23 Å². The molecule has 0 radical (unpaired) electrons. The Kier molecular flexibility index (Phi) is 6.59. The maximum atomic E-state index is 12.7. The summed E-state index contributed by atoms with van der Waals surface area (Å²) in [6.45, 7) is 2.10. The van der Waals surface area contributed by atoms with Crippen LogP contribution in [-0.2, 0) is 14.4 Å². The number of hydroxylamine groups is 2. The lowest BCUT2D eigenvalue weighted by Crippen LogP contribution is -2.42. The van der Waals surface area contributed by atoms with Crippen LogP contribution >= 0.6 is 0 Å². The van der Waals surface area contributed by atoms with E-state index in [0.717, 1.165) is 25.7 Å². The molecule has 0 bridgehead atoms. The lowest BCUT2D eigenvalue weighted by Gasteiger charge is -2.31. The van der Waals surface area contributed by atoms with Crippen LogP contribution in [0.4, 0.5) is 13.2 Å². The van der Waals surface area contributed by atoms with E-state index in [4.69, 9.17) is 0 Å². The Balaban J connectivity index is 1.98. The summed E-state index contributed by atoms with van der Waals surface area (Å²) in [5.41, 5.74) is -5.35. The molecular weight excluding hydrogens is 435 g/mol. The Morgan fingerprint density at radius 2 is 1.94 bits per heavy atom. The molecule has 0 spiro atoms. The second-order valence-electron chi connectivity index (χ2n) is 7.06. The zero-order chi connectivity index (χ0) is 22.8. The number of hydrogen-bond acceptors (Lipinski definition) is 5. The van der Waals surface area contributed by atoms with E-state index < -0.39 is 27.8 Å². The van der Waals surface area contributed by atoms with Crippen LogP contribution < -0.4 is 0 Å². The van der Waals surface area contributed by atoms with Crippen LogP contribution in [0.1, 0.15) is 66.7 Å².